The third-order valence-corrected chi connectivity index (χ3v) is 3.14. The summed E-state index contributed by atoms with van der Waals surface area (Å²) in [7, 11) is 0. The average molecular weight is 181 g/mol. The maximum Gasteiger partial charge on any atom is 0.220 e. The Hall–Kier alpha value is -0.830. The van der Waals surface area contributed by atoms with E-state index < -0.39 is 0 Å². The van der Waals surface area contributed by atoms with Crippen molar-refractivity contribution in [1.29, 1.82) is 0 Å². The maximum atomic E-state index is 11.2. The number of nitrogens with one attached hydrogen (secondary N) is 1. The zero-order valence-electron chi connectivity index (χ0n) is 7.68. The van der Waals surface area contributed by atoms with Crippen molar-refractivity contribution in [2.24, 2.45) is 0 Å². The Morgan fingerprint density at radius 2 is 2.38 bits per heavy atom. The molecule has 1 aliphatic carbocycles. The molecule has 0 aromatic rings. The monoisotopic (exact) mass is 181 g/mol. The van der Waals surface area contributed by atoms with Crippen LogP contribution in [-0.2, 0) is 4.79 Å². The summed E-state index contributed by atoms with van der Waals surface area (Å²) in [5.74, 6) is 0.126. The molecular weight excluding hydrogens is 166 g/mol. The first-order valence-electron chi connectivity index (χ1n) is 4.88. The summed E-state index contributed by atoms with van der Waals surface area (Å²) in [6, 6.07) is 0. The summed E-state index contributed by atoms with van der Waals surface area (Å²) in [6.45, 7) is 0.0836. The van der Waals surface area contributed by atoms with Gasteiger partial charge in [-0.3, -0.25) is 4.79 Å². The van der Waals surface area contributed by atoms with Gasteiger partial charge in [0.25, 0.3) is 0 Å². The van der Waals surface area contributed by atoms with E-state index in [1.54, 1.807) is 0 Å². The number of hydrogen-bond donors (Lipinski definition) is 2. The predicted molar refractivity (Wildman–Crippen MR) is 49.1 cm³/mol. The summed E-state index contributed by atoms with van der Waals surface area (Å²) in [4.78, 5) is 11.2. The van der Waals surface area contributed by atoms with E-state index in [1.165, 1.54) is 0 Å². The Kier molecular flexibility index (Phi) is 2.12. The van der Waals surface area contributed by atoms with Gasteiger partial charge in [0.1, 0.15) is 0 Å². The highest BCUT2D eigenvalue weighted by atomic mass is 16.3. The summed E-state index contributed by atoms with van der Waals surface area (Å²) in [5.41, 5.74) is 0.842. The van der Waals surface area contributed by atoms with E-state index in [2.05, 4.69) is 11.4 Å². The van der Waals surface area contributed by atoms with E-state index in [9.17, 15) is 9.90 Å². The average Bonchev–Trinajstić information content (AvgIpc) is 2.49. The van der Waals surface area contributed by atoms with Crippen molar-refractivity contribution in [3.8, 4) is 0 Å². The zero-order chi connectivity index (χ0) is 9.31. The van der Waals surface area contributed by atoms with Crippen molar-refractivity contribution in [2.45, 2.75) is 37.6 Å². The van der Waals surface area contributed by atoms with Crippen LogP contribution >= 0.6 is 0 Å². The van der Waals surface area contributed by atoms with Crippen LogP contribution in [0.4, 0.5) is 0 Å². The van der Waals surface area contributed by atoms with Crippen molar-refractivity contribution in [2.75, 3.05) is 6.61 Å². The molecule has 1 heterocycles. The fraction of sp³-hybridized carbons (Fsp3) is 0.700. The molecule has 0 aromatic heterocycles. The lowest BCUT2D eigenvalue weighted by Crippen LogP contribution is -2.45. The van der Waals surface area contributed by atoms with Crippen LogP contribution in [0.5, 0.6) is 0 Å². The van der Waals surface area contributed by atoms with E-state index >= 15 is 0 Å². The second-order valence-electron chi connectivity index (χ2n) is 3.91. The molecule has 1 fully saturated rings. The van der Waals surface area contributed by atoms with Crippen molar-refractivity contribution in [1.82, 2.24) is 5.32 Å². The summed E-state index contributed by atoms with van der Waals surface area (Å²) in [5, 5.41) is 12.2. The fourth-order valence-electron chi connectivity index (χ4n) is 2.40. The minimum Gasteiger partial charge on any atom is -0.392 e. The van der Waals surface area contributed by atoms with Crippen molar-refractivity contribution in [3.63, 3.8) is 0 Å². The van der Waals surface area contributed by atoms with Gasteiger partial charge in [-0.25, -0.2) is 0 Å². The number of amides is 1. The molecule has 0 unspecified atom stereocenters. The van der Waals surface area contributed by atoms with Gasteiger partial charge >= 0.3 is 0 Å². The molecule has 0 aromatic carbocycles. The molecule has 3 nitrogen and oxygen atoms in total. The van der Waals surface area contributed by atoms with Crippen LogP contribution in [0, 0.1) is 0 Å². The third-order valence-electron chi connectivity index (χ3n) is 3.14. The summed E-state index contributed by atoms with van der Waals surface area (Å²) >= 11 is 0. The second kappa shape index (κ2) is 3.14. The lowest BCUT2D eigenvalue weighted by atomic mass is 9.79. The number of hydrogen-bond acceptors (Lipinski definition) is 2. The number of rotatable bonds is 1. The number of allylic oxidation sites excluding steroid dienone is 1. The van der Waals surface area contributed by atoms with Crippen LogP contribution in [-0.4, -0.2) is 23.2 Å². The highest BCUT2D eigenvalue weighted by Gasteiger charge is 2.41. The molecule has 0 saturated carbocycles. The first-order chi connectivity index (χ1) is 6.27. The number of aliphatic hydroxyl groups is 1. The Bertz CT molecular complexity index is 260. The molecule has 13 heavy (non-hydrogen) atoms. The molecule has 2 rings (SSSR count). The Morgan fingerprint density at radius 1 is 1.54 bits per heavy atom. The minimum absolute atomic E-state index is 0.0836. The lowest BCUT2D eigenvalue weighted by molar-refractivity contribution is -0.119. The number of carbonyl (C=O) groups is 1. The second-order valence-corrected chi connectivity index (χ2v) is 3.91. The Morgan fingerprint density at radius 3 is 3.00 bits per heavy atom. The van der Waals surface area contributed by atoms with Crippen LogP contribution in [0.15, 0.2) is 11.6 Å². The van der Waals surface area contributed by atoms with Crippen LogP contribution in [0.25, 0.3) is 0 Å². The molecular formula is C10H15NO2. The summed E-state index contributed by atoms with van der Waals surface area (Å²) < 4.78 is 0. The van der Waals surface area contributed by atoms with Crippen molar-refractivity contribution < 1.29 is 9.90 Å². The van der Waals surface area contributed by atoms with E-state index in [0.717, 1.165) is 31.3 Å². The largest absolute Gasteiger partial charge is 0.392 e. The van der Waals surface area contributed by atoms with Gasteiger partial charge in [-0.2, -0.15) is 0 Å². The number of carbonyl (C=O) groups excluding carboxylic acids is 1. The molecule has 2 N–H and O–H groups in total. The molecule has 72 valence electrons. The molecule has 0 radical (unpaired) electrons. The smallest absolute Gasteiger partial charge is 0.220 e. The molecule has 1 aliphatic heterocycles. The molecule has 1 spiro atoms. The van der Waals surface area contributed by atoms with Crippen molar-refractivity contribution in [3.05, 3.63) is 11.6 Å². The SMILES string of the molecule is O=C1CC[C@]2(CCCC=C2CO)N1. The van der Waals surface area contributed by atoms with Gasteiger partial charge < -0.3 is 10.4 Å². The van der Waals surface area contributed by atoms with Gasteiger partial charge in [0, 0.05) is 6.42 Å². The van der Waals surface area contributed by atoms with E-state index in [0.29, 0.717) is 6.42 Å². The molecule has 0 bridgehead atoms. The first kappa shape index (κ1) is 8.75. The minimum atomic E-state index is -0.177. The van der Waals surface area contributed by atoms with Gasteiger partial charge in [0.15, 0.2) is 0 Å². The van der Waals surface area contributed by atoms with Crippen LogP contribution in [0.3, 0.4) is 0 Å². The molecule has 2 aliphatic rings. The molecule has 3 heteroatoms. The highest BCUT2D eigenvalue weighted by molar-refractivity contribution is 5.80. The molecule has 1 saturated heterocycles. The van der Waals surface area contributed by atoms with Crippen LogP contribution < -0.4 is 5.32 Å². The van der Waals surface area contributed by atoms with Gasteiger partial charge in [-0.1, -0.05) is 6.08 Å². The standard InChI is InChI=1S/C10H15NO2/c12-7-8-3-1-2-5-10(8)6-4-9(13)11-10/h3,12H,1-2,4-7H2,(H,11,13)/t10-/m0/s1. The topological polar surface area (TPSA) is 49.3 Å². The fourth-order valence-corrected chi connectivity index (χ4v) is 2.40. The Balaban J connectivity index is 2.24. The van der Waals surface area contributed by atoms with Gasteiger partial charge in [-0.05, 0) is 31.3 Å². The number of aliphatic hydroxyl groups excluding tert-OH is 1. The van der Waals surface area contributed by atoms with Gasteiger partial charge in [0.2, 0.25) is 5.91 Å². The quantitative estimate of drug-likeness (QED) is 0.586. The van der Waals surface area contributed by atoms with E-state index in [1.807, 2.05) is 0 Å². The lowest BCUT2D eigenvalue weighted by Gasteiger charge is -2.34. The van der Waals surface area contributed by atoms with E-state index in [-0.39, 0.29) is 18.1 Å². The normalized spacial score (nSPS) is 33.3. The van der Waals surface area contributed by atoms with Crippen LogP contribution in [0.1, 0.15) is 32.1 Å². The van der Waals surface area contributed by atoms with Gasteiger partial charge in [-0.15, -0.1) is 0 Å². The molecule has 1 atom stereocenters. The zero-order valence-corrected chi connectivity index (χ0v) is 7.68. The van der Waals surface area contributed by atoms with Crippen molar-refractivity contribution >= 4 is 5.91 Å². The maximum absolute atomic E-state index is 11.2. The predicted octanol–water partition coefficient (Wildman–Crippen LogP) is 0.738. The van der Waals surface area contributed by atoms with E-state index in [4.69, 9.17) is 0 Å². The first-order valence-corrected chi connectivity index (χ1v) is 4.88. The third kappa shape index (κ3) is 1.37. The van der Waals surface area contributed by atoms with Gasteiger partial charge in [0.05, 0.1) is 12.1 Å². The highest BCUT2D eigenvalue weighted by Crippen LogP contribution is 2.36. The molecule has 1 amide bonds. The Labute approximate surface area is 77.8 Å². The van der Waals surface area contributed by atoms with Crippen LogP contribution in [0.2, 0.25) is 0 Å². The summed E-state index contributed by atoms with van der Waals surface area (Å²) in [6.07, 6.45) is 6.69.